The third-order valence-corrected chi connectivity index (χ3v) is 26.0. The molecule has 652 valence electrons. The van der Waals surface area contributed by atoms with Crippen molar-refractivity contribution in [2.45, 2.75) is 255 Å². The predicted molar refractivity (Wildman–Crippen MR) is 427 cm³/mol. The van der Waals surface area contributed by atoms with Gasteiger partial charge >= 0.3 is 46.5 Å². The number of hydrazine groups is 1. The fraction of sp³-hybridized carbons (Fsp3) is 0.605. The maximum absolute atomic E-state index is 12.9. The number of urea groups is 4. The molecule has 38 nitrogen and oxygen atoms in total. The quantitative estimate of drug-likeness (QED) is 0.00581. The minimum absolute atomic E-state index is 0. The zero-order valence-electron chi connectivity index (χ0n) is 67.4. The summed E-state index contributed by atoms with van der Waals surface area (Å²) in [5.41, 5.74) is 15.1. The Hall–Kier alpha value is -10.5. The Kier molecular flexibility index (Phi) is 27.6. The predicted octanol–water partition coefficient (Wildman–Crippen LogP) is 8.43. The van der Waals surface area contributed by atoms with Crippen molar-refractivity contribution >= 4 is 70.0 Å². The van der Waals surface area contributed by atoms with Crippen molar-refractivity contribution in [2.24, 2.45) is 38.5 Å². The van der Waals surface area contributed by atoms with Crippen molar-refractivity contribution < 1.29 is 94.0 Å². The number of aliphatic imine (C=N–C) groups is 1. The van der Waals surface area contributed by atoms with Gasteiger partial charge in [-0.15, -0.1) is 24.7 Å². The molecule has 8 bridgehead atoms. The van der Waals surface area contributed by atoms with Crippen LogP contribution in [0.1, 0.15) is 229 Å². The molecule has 0 unspecified atom stereocenters. The van der Waals surface area contributed by atoms with Crippen molar-refractivity contribution in [1.29, 1.82) is 0 Å². The van der Waals surface area contributed by atoms with Gasteiger partial charge in [-0.25, -0.2) is 29.8 Å². The molecule has 5 aromatic rings. The number of hydrogen-bond donors (Lipinski definition) is 8. The van der Waals surface area contributed by atoms with Crippen LogP contribution in [0.3, 0.4) is 0 Å². The van der Waals surface area contributed by atoms with Gasteiger partial charge in [-0.2, -0.15) is 28.7 Å². The number of hydroxylamine groups is 8. The number of fused-ring (bicyclic) bond motifs is 8. The number of carboxylic acids is 2. The van der Waals surface area contributed by atoms with Crippen LogP contribution in [0.5, 0.6) is 0 Å². The van der Waals surface area contributed by atoms with Gasteiger partial charge in [-0.05, 0) is 158 Å². The molecule has 5 saturated carbocycles. The van der Waals surface area contributed by atoms with Crippen LogP contribution in [0.2, 0.25) is 0 Å². The number of benzene rings is 3. The van der Waals surface area contributed by atoms with Gasteiger partial charge in [0.1, 0.15) is 44.0 Å². The Labute approximate surface area is 696 Å². The maximum Gasteiger partial charge on any atom is 0.418 e. The van der Waals surface area contributed by atoms with Crippen molar-refractivity contribution in [3.63, 3.8) is 0 Å². The maximum atomic E-state index is 12.9. The molecule has 10 heterocycles. The van der Waals surface area contributed by atoms with E-state index >= 15 is 0 Å². The number of amides is 10. The zero-order chi connectivity index (χ0) is 84.8. The molecular weight excluding hydrogens is 1580 g/mol. The number of carboxylic acid groups (broad SMARTS) is 2. The first-order valence-corrected chi connectivity index (χ1v) is 42.5. The molecule has 2 aromatic heterocycles. The summed E-state index contributed by atoms with van der Waals surface area (Å²) in [4.78, 5) is 135. The normalized spacial score (nSPS) is 24.9. The fourth-order valence-corrected chi connectivity index (χ4v) is 17.0. The van der Waals surface area contributed by atoms with E-state index in [-0.39, 0.29) is 119 Å². The molecule has 8 aliphatic heterocycles. The van der Waals surface area contributed by atoms with Crippen molar-refractivity contribution in [1.82, 2.24) is 71.0 Å². The number of piperidine rings is 4. The van der Waals surface area contributed by atoms with E-state index in [1.54, 1.807) is 9.96 Å². The third-order valence-electron chi connectivity index (χ3n) is 25.7. The highest BCUT2D eigenvalue weighted by Gasteiger charge is 2.56. The fourth-order valence-electron chi connectivity index (χ4n) is 16.7. The number of ketones is 1. The standard InChI is InChI=1S/C21H27N3O4.C20H24N4O3.C14H16N2O4.C13H19N7O6S.C6H12N2O.C6H10O2.CH4/c1-2-21(10-11-21)18(25)12-22-19(26)17-9-8-16-13-23(17)20(27)24(16)28-14-15-6-4-3-5-7-15;1-2-20(10-11-20)18-22-21-17(27-18)16-9-8-15-12-23(16)19(25)24(15)26-13-14-6-4-3-5-7-14;17-13(18)12-7-6-11-8-15(12)14(19)16(11)20-9-10-4-2-1-3-5-10;14-11(15)16-6-13(3-4-13)10-18-17-9(25-10)8-2-1-7-5-19(8)12(21)20(7)26-27(22,23)24;1-2-6(3-4-6)5(9)8-7;1-2-6(3-4-6)5(7)8;/h3-7,16-17H,2,8-14H2,1H3,(H,22,26);3-7,15-16H,2,8-13H2,1H3;1-5,11-12H,6-9H2,(H,17,18);7-8H,1-6H2,(H4,14,15,16)(H,22,23,24);2-4,7H2,1H3,(H,8,9);2-4H2,1H3,(H,7,8);1H4/t16-,17+;15-,16+;11-,12+;7-,8+;;;/m1111.../s1. The molecule has 13 aliphatic rings. The van der Waals surface area contributed by atoms with E-state index in [2.05, 4.69) is 47.3 Å². The number of nitrogens with two attached hydrogens (primary N) is 3. The number of carbonyl (C=O) groups excluding carboxylic acids is 7. The van der Waals surface area contributed by atoms with E-state index in [9.17, 15) is 51.6 Å². The summed E-state index contributed by atoms with van der Waals surface area (Å²) in [7, 11) is -4.79. The highest BCUT2D eigenvalue weighted by Crippen LogP contribution is 2.53. The number of hydrogen-bond acceptors (Lipinski definition) is 23. The first-order chi connectivity index (χ1) is 57.0. The number of nitrogens with one attached hydrogen (secondary N) is 2. The van der Waals surface area contributed by atoms with Gasteiger partial charge in [0.05, 0.1) is 53.5 Å². The van der Waals surface area contributed by atoms with Gasteiger partial charge in [0.15, 0.2) is 11.7 Å². The van der Waals surface area contributed by atoms with Crippen LogP contribution < -0.4 is 28.1 Å². The van der Waals surface area contributed by atoms with Crippen LogP contribution in [0.15, 0.2) is 105 Å². The van der Waals surface area contributed by atoms with Crippen molar-refractivity contribution in [3.8, 4) is 0 Å². The van der Waals surface area contributed by atoms with Gasteiger partial charge in [-0.1, -0.05) is 126 Å². The second kappa shape index (κ2) is 37.3. The largest absolute Gasteiger partial charge is 0.481 e. The monoisotopic (exact) mass is 1690 g/mol. The van der Waals surface area contributed by atoms with Crippen LogP contribution in [0, 0.1) is 16.2 Å². The van der Waals surface area contributed by atoms with Gasteiger partial charge in [0, 0.05) is 37.0 Å². The second-order valence-electron chi connectivity index (χ2n) is 33.0. The van der Waals surface area contributed by atoms with E-state index in [0.717, 1.165) is 125 Å². The van der Waals surface area contributed by atoms with E-state index in [0.29, 0.717) is 101 Å². The molecule has 0 radical (unpaired) electrons. The lowest BCUT2D eigenvalue weighted by atomic mass is 9.97. The third kappa shape index (κ3) is 19.9. The van der Waals surface area contributed by atoms with Gasteiger partial charge in [0.2, 0.25) is 35.4 Å². The Morgan fingerprint density at radius 2 is 0.892 bits per heavy atom. The van der Waals surface area contributed by atoms with Crippen LogP contribution in [0.4, 0.5) is 19.2 Å². The lowest BCUT2D eigenvalue weighted by molar-refractivity contribution is -0.144. The van der Waals surface area contributed by atoms with Gasteiger partial charge in [-0.3, -0.25) is 48.7 Å². The summed E-state index contributed by atoms with van der Waals surface area (Å²) in [6.45, 7) is 11.4. The molecule has 18 rings (SSSR count). The molecule has 5 aliphatic carbocycles. The van der Waals surface area contributed by atoms with Gasteiger partial charge < -0.3 is 55.4 Å². The van der Waals surface area contributed by atoms with Crippen LogP contribution >= 0.6 is 0 Å². The zero-order valence-corrected chi connectivity index (χ0v) is 68.3. The Bertz CT molecular complexity index is 4610. The molecule has 39 heteroatoms. The topological polar surface area (TPSA) is 504 Å². The molecule has 8 saturated heterocycles. The number of carbonyl (C=O) groups is 9. The summed E-state index contributed by atoms with van der Waals surface area (Å²) < 4.78 is 47.0. The smallest absolute Gasteiger partial charge is 0.418 e. The molecule has 120 heavy (non-hydrogen) atoms. The molecule has 8 atom stereocenters. The van der Waals surface area contributed by atoms with Crippen LogP contribution in [0.25, 0.3) is 0 Å². The number of Topliss-reactive ketones (excluding diaryl/α,β-unsaturated/α-hetero) is 1. The molecule has 11 N–H and O–H groups in total. The van der Waals surface area contributed by atoms with Gasteiger partial charge in [0.25, 0.3) is 0 Å². The summed E-state index contributed by atoms with van der Waals surface area (Å²) in [5.74, 6) is 5.28. The Morgan fingerprint density at radius 3 is 1.25 bits per heavy atom. The molecule has 0 spiro atoms. The molecule has 3 aromatic carbocycles. The number of nitrogens with zero attached hydrogens (tertiary/aromatic N) is 13. The number of guanidine groups is 1. The van der Waals surface area contributed by atoms with Crippen LogP contribution in [-0.4, -0.2) is 219 Å². The Balaban J connectivity index is 0.000000138. The first kappa shape index (κ1) is 88.8. The van der Waals surface area contributed by atoms with Crippen molar-refractivity contribution in [3.05, 3.63) is 131 Å². The average molecular weight is 1690 g/mol. The summed E-state index contributed by atoms with van der Waals surface area (Å²) in [6.07, 6.45) is 18.1. The minimum Gasteiger partial charge on any atom is -0.481 e. The molecule has 10 amide bonds. The number of aliphatic carboxylic acids is 2. The summed E-state index contributed by atoms with van der Waals surface area (Å²) in [5, 5.41) is 42.1. The second-order valence-corrected chi connectivity index (χ2v) is 34.0. The van der Waals surface area contributed by atoms with E-state index in [1.807, 2.05) is 117 Å². The molecule has 13 fully saturated rings. The average Bonchev–Trinajstić information content (AvgIpc) is 1.93. The van der Waals surface area contributed by atoms with Crippen molar-refractivity contribution in [2.75, 3.05) is 39.3 Å². The minimum atomic E-state index is -4.79. The number of rotatable bonds is 28. The van der Waals surface area contributed by atoms with E-state index < -0.39 is 52.5 Å². The SMILES string of the molecule is C.CCC1(C(=O)CNC(=O)[C@@H]2CC[C@@H]3CN2C(=O)N3OCc2ccccc2)CC1.CCC1(C(=O)NN)CC1.CCC1(C(=O)O)CC1.CCC1(c2nnc([C@@H]3CC[C@@H]4CN3C(=O)N4OCc3ccccc3)o2)CC1.NC(N)=NCC1(c2nnc([C@@H]3CC[C@@H]4CN3C(=O)N4OS(=O)(=O)O)o2)CC1.O=C(O)[C@@H]1CC[C@@H]2CN1C(=O)N2OCc1ccccc1. The lowest BCUT2D eigenvalue weighted by Gasteiger charge is -2.29. The van der Waals surface area contributed by atoms with E-state index in [4.69, 9.17) is 55.4 Å². The highest BCUT2D eigenvalue weighted by molar-refractivity contribution is 7.80. The Morgan fingerprint density at radius 1 is 0.508 bits per heavy atom. The molecular formula is C81H112N18O20S. The van der Waals surface area contributed by atoms with Crippen LogP contribution in [-0.2, 0) is 83.8 Å². The summed E-state index contributed by atoms with van der Waals surface area (Å²) >= 11 is 0. The first-order valence-electron chi connectivity index (χ1n) is 41.1. The highest BCUT2D eigenvalue weighted by atomic mass is 32.3. The number of aromatic nitrogens is 4. The lowest BCUT2D eigenvalue weighted by Crippen LogP contribution is -2.51. The van der Waals surface area contributed by atoms with E-state index in [1.165, 1.54) is 19.9 Å². The summed E-state index contributed by atoms with van der Waals surface area (Å²) in [6, 6.07) is 25.4.